The average Bonchev–Trinajstić information content (AvgIpc) is 3.24. The molecule has 0 unspecified atom stereocenters. The van der Waals surface area contributed by atoms with Gasteiger partial charge in [-0.3, -0.25) is 9.47 Å². The van der Waals surface area contributed by atoms with E-state index < -0.39 is 0 Å². The average molecular weight is 414 g/mol. The monoisotopic (exact) mass is 414 g/mol. The Morgan fingerprint density at radius 1 is 0.742 bits per heavy atom. The molecule has 0 amide bonds. The SMILES string of the molecule is Fc1ccccc1-n1c(CN2CCOCC2)nnc1-c1ccc(-c2ccccc2)cc1. The standard InChI is InChI=1S/C25H23FN4O/c26-22-8-4-5-9-23(22)30-24(18-29-14-16-31-17-15-29)27-28-25(30)21-12-10-20(11-13-21)19-6-2-1-3-7-19/h1-13H,14-18H2. The van der Waals surface area contributed by atoms with Gasteiger partial charge in [-0.15, -0.1) is 10.2 Å². The van der Waals surface area contributed by atoms with Crippen LogP contribution >= 0.6 is 0 Å². The van der Waals surface area contributed by atoms with E-state index in [1.54, 1.807) is 12.1 Å². The van der Waals surface area contributed by atoms with Crippen LogP contribution in [0.2, 0.25) is 0 Å². The minimum Gasteiger partial charge on any atom is -0.379 e. The van der Waals surface area contributed by atoms with Crippen molar-refractivity contribution in [1.29, 1.82) is 0 Å². The van der Waals surface area contributed by atoms with E-state index >= 15 is 0 Å². The van der Waals surface area contributed by atoms with Crippen molar-refractivity contribution < 1.29 is 9.13 Å². The number of nitrogens with zero attached hydrogens (tertiary/aromatic N) is 4. The summed E-state index contributed by atoms with van der Waals surface area (Å²) in [6.07, 6.45) is 0. The summed E-state index contributed by atoms with van der Waals surface area (Å²) in [5.41, 5.74) is 3.62. The molecule has 0 atom stereocenters. The van der Waals surface area contributed by atoms with Gasteiger partial charge in [0.05, 0.1) is 25.4 Å². The van der Waals surface area contributed by atoms with Crippen LogP contribution in [0, 0.1) is 5.82 Å². The minimum atomic E-state index is -0.298. The molecule has 6 heteroatoms. The highest BCUT2D eigenvalue weighted by atomic mass is 19.1. The molecule has 0 aliphatic carbocycles. The van der Waals surface area contributed by atoms with E-state index in [4.69, 9.17) is 4.74 Å². The van der Waals surface area contributed by atoms with Gasteiger partial charge >= 0.3 is 0 Å². The molecule has 3 aromatic carbocycles. The predicted molar refractivity (Wildman–Crippen MR) is 118 cm³/mol. The van der Waals surface area contributed by atoms with Gasteiger partial charge in [-0.05, 0) is 23.3 Å². The van der Waals surface area contributed by atoms with E-state index in [0.29, 0.717) is 37.1 Å². The highest BCUT2D eigenvalue weighted by molar-refractivity contribution is 5.68. The van der Waals surface area contributed by atoms with Gasteiger partial charge in [-0.2, -0.15) is 0 Å². The first-order chi connectivity index (χ1) is 15.3. The molecule has 2 heterocycles. The maximum atomic E-state index is 14.8. The van der Waals surface area contributed by atoms with E-state index in [-0.39, 0.29) is 5.82 Å². The summed E-state index contributed by atoms with van der Waals surface area (Å²) in [6, 6.07) is 25.1. The lowest BCUT2D eigenvalue weighted by molar-refractivity contribution is 0.0328. The van der Waals surface area contributed by atoms with Gasteiger partial charge in [0.1, 0.15) is 5.82 Å². The van der Waals surface area contributed by atoms with Gasteiger partial charge < -0.3 is 4.74 Å². The molecule has 0 bridgehead atoms. The van der Waals surface area contributed by atoms with Crippen LogP contribution in [-0.4, -0.2) is 46.0 Å². The van der Waals surface area contributed by atoms with Crippen molar-refractivity contribution >= 4 is 0 Å². The van der Waals surface area contributed by atoms with Crippen LogP contribution in [-0.2, 0) is 11.3 Å². The molecule has 0 saturated carbocycles. The topological polar surface area (TPSA) is 43.2 Å². The molecule has 0 radical (unpaired) electrons. The number of hydrogen-bond donors (Lipinski definition) is 0. The van der Waals surface area contributed by atoms with Crippen molar-refractivity contribution in [2.24, 2.45) is 0 Å². The molecule has 1 aliphatic heterocycles. The van der Waals surface area contributed by atoms with E-state index in [9.17, 15) is 4.39 Å². The minimum absolute atomic E-state index is 0.298. The van der Waals surface area contributed by atoms with Crippen molar-refractivity contribution in [2.75, 3.05) is 26.3 Å². The lowest BCUT2D eigenvalue weighted by Crippen LogP contribution is -2.36. The summed E-state index contributed by atoms with van der Waals surface area (Å²) < 4.78 is 22.1. The third kappa shape index (κ3) is 4.13. The molecule has 156 valence electrons. The maximum absolute atomic E-state index is 14.8. The van der Waals surface area contributed by atoms with Crippen LogP contribution in [0.4, 0.5) is 4.39 Å². The first-order valence-corrected chi connectivity index (χ1v) is 10.4. The van der Waals surface area contributed by atoms with Crippen molar-refractivity contribution in [2.45, 2.75) is 6.54 Å². The number of benzene rings is 3. The van der Waals surface area contributed by atoms with Gasteiger partial charge in [0.2, 0.25) is 0 Å². The van der Waals surface area contributed by atoms with E-state index in [1.165, 1.54) is 6.07 Å². The highest BCUT2D eigenvalue weighted by Gasteiger charge is 2.21. The number of hydrogen-bond acceptors (Lipinski definition) is 4. The lowest BCUT2D eigenvalue weighted by atomic mass is 10.0. The Morgan fingerprint density at radius 3 is 2.13 bits per heavy atom. The lowest BCUT2D eigenvalue weighted by Gasteiger charge is -2.26. The Labute approximate surface area is 180 Å². The summed E-state index contributed by atoms with van der Waals surface area (Å²) in [5.74, 6) is 1.05. The quantitative estimate of drug-likeness (QED) is 0.480. The molecule has 5 rings (SSSR count). The Bertz CT molecular complexity index is 1150. The molecule has 1 aromatic heterocycles. The number of ether oxygens (including phenoxy) is 1. The fourth-order valence-electron chi connectivity index (χ4n) is 3.89. The highest BCUT2D eigenvalue weighted by Crippen LogP contribution is 2.28. The Morgan fingerprint density at radius 2 is 1.39 bits per heavy atom. The zero-order valence-corrected chi connectivity index (χ0v) is 17.1. The third-order valence-electron chi connectivity index (χ3n) is 5.54. The van der Waals surface area contributed by atoms with E-state index in [2.05, 4.69) is 39.4 Å². The number of aromatic nitrogens is 3. The van der Waals surface area contributed by atoms with E-state index in [1.807, 2.05) is 41.0 Å². The summed E-state index contributed by atoms with van der Waals surface area (Å²) in [6.45, 7) is 3.63. The molecule has 4 aromatic rings. The van der Waals surface area contributed by atoms with Crippen LogP contribution in [0.15, 0.2) is 78.9 Å². The predicted octanol–water partition coefficient (Wildman–Crippen LogP) is 4.57. The Kier molecular flexibility index (Phi) is 5.56. The normalized spacial score (nSPS) is 14.6. The van der Waals surface area contributed by atoms with Crippen LogP contribution in [0.3, 0.4) is 0 Å². The van der Waals surface area contributed by atoms with Crippen molar-refractivity contribution in [3.63, 3.8) is 0 Å². The zero-order valence-electron chi connectivity index (χ0n) is 17.1. The summed E-state index contributed by atoms with van der Waals surface area (Å²) in [4.78, 5) is 2.26. The van der Waals surface area contributed by atoms with Gasteiger partial charge in [0.15, 0.2) is 11.6 Å². The van der Waals surface area contributed by atoms with Gasteiger partial charge in [-0.1, -0.05) is 66.7 Å². The number of halogens is 1. The number of rotatable bonds is 5. The van der Waals surface area contributed by atoms with Crippen LogP contribution in [0.5, 0.6) is 0 Å². The molecule has 0 spiro atoms. The van der Waals surface area contributed by atoms with Gasteiger partial charge in [0, 0.05) is 18.7 Å². The molecule has 31 heavy (non-hydrogen) atoms. The summed E-state index contributed by atoms with van der Waals surface area (Å²) >= 11 is 0. The first kappa shape index (κ1) is 19.6. The smallest absolute Gasteiger partial charge is 0.168 e. The third-order valence-corrected chi connectivity index (χ3v) is 5.54. The van der Waals surface area contributed by atoms with Crippen LogP contribution in [0.1, 0.15) is 5.82 Å². The molecule has 1 aliphatic rings. The molecular weight excluding hydrogens is 391 g/mol. The Balaban J connectivity index is 1.54. The number of morpholine rings is 1. The molecule has 5 nitrogen and oxygen atoms in total. The molecular formula is C25H23FN4O. The first-order valence-electron chi connectivity index (χ1n) is 10.4. The fourth-order valence-corrected chi connectivity index (χ4v) is 3.89. The van der Waals surface area contributed by atoms with Crippen molar-refractivity contribution in [1.82, 2.24) is 19.7 Å². The summed E-state index contributed by atoms with van der Waals surface area (Å²) in [5, 5.41) is 8.91. The van der Waals surface area contributed by atoms with Crippen LogP contribution in [0.25, 0.3) is 28.2 Å². The number of para-hydroxylation sites is 1. The van der Waals surface area contributed by atoms with E-state index in [0.717, 1.165) is 29.8 Å². The second-order valence-corrected chi connectivity index (χ2v) is 7.56. The maximum Gasteiger partial charge on any atom is 0.168 e. The summed E-state index contributed by atoms with van der Waals surface area (Å²) in [7, 11) is 0. The van der Waals surface area contributed by atoms with Crippen molar-refractivity contribution in [3.8, 4) is 28.2 Å². The largest absolute Gasteiger partial charge is 0.379 e. The van der Waals surface area contributed by atoms with Crippen LogP contribution < -0.4 is 0 Å². The molecule has 0 N–H and O–H groups in total. The van der Waals surface area contributed by atoms with Gasteiger partial charge in [-0.25, -0.2) is 4.39 Å². The molecule has 1 fully saturated rings. The molecule has 1 saturated heterocycles. The van der Waals surface area contributed by atoms with Crippen molar-refractivity contribution in [3.05, 3.63) is 90.5 Å². The second-order valence-electron chi connectivity index (χ2n) is 7.56. The second kappa shape index (κ2) is 8.79. The zero-order chi connectivity index (χ0) is 21.0. The van der Waals surface area contributed by atoms with Gasteiger partial charge in [0.25, 0.3) is 0 Å². The Hall–Kier alpha value is -3.35. The fraction of sp³-hybridized carbons (Fsp3) is 0.200.